The molecule has 1 N–H and O–H groups in total. The van der Waals surface area contributed by atoms with Gasteiger partial charge in [-0.3, -0.25) is 10.00 Å². The van der Waals surface area contributed by atoms with E-state index in [1.807, 2.05) is 0 Å². The number of nitrogens with one attached hydrogen (secondary N) is 1. The van der Waals surface area contributed by atoms with Crippen LogP contribution in [0.1, 0.15) is 54.7 Å². The first kappa shape index (κ1) is 20.3. The number of nitrogens with zero attached hydrogens (tertiary/aromatic N) is 5. The van der Waals surface area contributed by atoms with Crippen LogP contribution in [-0.2, 0) is 12.8 Å². The summed E-state index contributed by atoms with van der Waals surface area (Å²) in [5.41, 5.74) is 6.13. The third kappa shape index (κ3) is 3.86. The van der Waals surface area contributed by atoms with Crippen LogP contribution >= 0.6 is 0 Å². The van der Waals surface area contributed by atoms with Crippen molar-refractivity contribution < 1.29 is 4.52 Å². The van der Waals surface area contributed by atoms with E-state index in [4.69, 9.17) is 4.52 Å². The first-order chi connectivity index (χ1) is 16.1. The molecule has 0 amide bonds. The number of hydrogen-bond acceptors (Lipinski definition) is 6. The summed E-state index contributed by atoms with van der Waals surface area (Å²) >= 11 is 0. The number of benzene rings is 2. The second kappa shape index (κ2) is 8.23. The summed E-state index contributed by atoms with van der Waals surface area (Å²) in [5.74, 6) is 3.33. The molecule has 2 aromatic carbocycles. The highest BCUT2D eigenvalue weighted by Crippen LogP contribution is 2.42. The molecule has 3 heterocycles. The normalized spacial score (nSPS) is 18.6. The van der Waals surface area contributed by atoms with Crippen molar-refractivity contribution in [2.45, 2.75) is 45.1 Å². The lowest BCUT2D eigenvalue weighted by Crippen LogP contribution is -2.46. The molecule has 168 valence electrons. The molecule has 1 saturated heterocycles. The largest absolute Gasteiger partial charge is 0.334 e. The molecule has 0 radical (unpaired) electrons. The van der Waals surface area contributed by atoms with Crippen molar-refractivity contribution in [2.75, 3.05) is 13.1 Å². The Labute approximate surface area is 193 Å². The number of hydrogen-bond donors (Lipinski definition) is 1. The molecule has 33 heavy (non-hydrogen) atoms. The molecular formula is C26H28N6O. The fourth-order valence-electron chi connectivity index (χ4n) is 5.18. The zero-order chi connectivity index (χ0) is 22.4. The molecule has 7 heteroatoms. The summed E-state index contributed by atoms with van der Waals surface area (Å²) in [4.78, 5) is 11.5. The van der Waals surface area contributed by atoms with Gasteiger partial charge in [0.25, 0.3) is 5.89 Å². The molecule has 1 unspecified atom stereocenters. The molecule has 1 fully saturated rings. The fourth-order valence-corrected chi connectivity index (χ4v) is 5.18. The Morgan fingerprint density at radius 2 is 1.91 bits per heavy atom. The third-order valence-corrected chi connectivity index (χ3v) is 6.89. The Morgan fingerprint density at radius 3 is 2.67 bits per heavy atom. The van der Waals surface area contributed by atoms with Crippen LogP contribution in [0.3, 0.4) is 0 Å². The van der Waals surface area contributed by atoms with Gasteiger partial charge in [0.15, 0.2) is 0 Å². The van der Waals surface area contributed by atoms with Crippen molar-refractivity contribution in [3.63, 3.8) is 0 Å². The van der Waals surface area contributed by atoms with Crippen LogP contribution in [0, 0.1) is 5.92 Å². The second-order valence-corrected chi connectivity index (χ2v) is 9.71. The summed E-state index contributed by atoms with van der Waals surface area (Å²) in [6, 6.07) is 15.5. The molecule has 1 atom stereocenters. The topological polar surface area (TPSA) is 83.7 Å². The first-order valence-corrected chi connectivity index (χ1v) is 11.8. The zero-order valence-electron chi connectivity index (χ0n) is 19.0. The fraction of sp³-hybridized carbons (Fsp3) is 0.385. The van der Waals surface area contributed by atoms with Crippen molar-refractivity contribution in [1.82, 2.24) is 30.2 Å². The molecule has 6 rings (SSSR count). The van der Waals surface area contributed by atoms with Gasteiger partial charge in [-0.15, -0.1) is 0 Å². The number of aromatic nitrogens is 5. The summed E-state index contributed by atoms with van der Waals surface area (Å²) in [6.07, 6.45) is 4.90. The Balaban J connectivity index is 1.16. The molecule has 0 saturated carbocycles. The molecular weight excluding hydrogens is 412 g/mol. The van der Waals surface area contributed by atoms with Crippen molar-refractivity contribution in [2.24, 2.45) is 5.92 Å². The van der Waals surface area contributed by atoms with E-state index in [2.05, 4.69) is 86.5 Å². The summed E-state index contributed by atoms with van der Waals surface area (Å²) in [6.45, 7) is 6.53. The van der Waals surface area contributed by atoms with E-state index in [1.165, 1.54) is 16.7 Å². The van der Waals surface area contributed by atoms with Crippen LogP contribution in [0.2, 0.25) is 0 Å². The average molecular weight is 441 g/mol. The molecule has 1 aliphatic heterocycles. The van der Waals surface area contributed by atoms with Gasteiger partial charge in [0.2, 0.25) is 5.82 Å². The maximum absolute atomic E-state index is 5.60. The van der Waals surface area contributed by atoms with Gasteiger partial charge in [-0.2, -0.15) is 10.1 Å². The summed E-state index contributed by atoms with van der Waals surface area (Å²) < 4.78 is 5.60. The number of fused-ring (bicyclic) bond motifs is 1. The van der Waals surface area contributed by atoms with Crippen LogP contribution in [0.25, 0.3) is 22.8 Å². The van der Waals surface area contributed by atoms with Gasteiger partial charge in [0.05, 0.1) is 0 Å². The standard InChI is InChI=1S/C26H28N6O/c1-16(2)11-17-3-5-18(6-4-17)26-29-25(31-33-26)20-7-9-22-19(12-20)8-10-23(22)32-13-21(14-32)24-27-15-28-30-24/h3-7,9,12,15-16,21,23H,8,10-11,13-14H2,1-2H3,(H,27,28,30). The van der Waals surface area contributed by atoms with Gasteiger partial charge in [0.1, 0.15) is 12.2 Å². The molecule has 4 aromatic rings. The maximum atomic E-state index is 5.60. The zero-order valence-corrected chi connectivity index (χ0v) is 19.0. The molecule has 7 nitrogen and oxygen atoms in total. The van der Waals surface area contributed by atoms with Crippen molar-refractivity contribution in [3.05, 3.63) is 71.3 Å². The SMILES string of the molecule is CC(C)Cc1ccc(-c2nc(-c3ccc4c(c3)CCC4N3CC(c4ncn[nH]4)C3)no2)cc1. The first-order valence-electron chi connectivity index (χ1n) is 11.8. The Bertz CT molecular complexity index is 1240. The minimum absolute atomic E-state index is 0.466. The van der Waals surface area contributed by atoms with E-state index < -0.39 is 0 Å². The van der Waals surface area contributed by atoms with Crippen molar-refractivity contribution >= 4 is 0 Å². The lowest BCUT2D eigenvalue weighted by atomic mass is 9.94. The van der Waals surface area contributed by atoms with Gasteiger partial charge in [0, 0.05) is 36.2 Å². The lowest BCUT2D eigenvalue weighted by molar-refractivity contribution is 0.0878. The molecule has 0 bridgehead atoms. The Morgan fingerprint density at radius 1 is 1.09 bits per heavy atom. The molecule has 2 aromatic heterocycles. The minimum atomic E-state index is 0.466. The molecule has 1 aliphatic carbocycles. The van der Waals surface area contributed by atoms with Crippen LogP contribution in [0.15, 0.2) is 53.3 Å². The maximum Gasteiger partial charge on any atom is 0.258 e. The van der Waals surface area contributed by atoms with E-state index in [0.717, 1.165) is 49.3 Å². The lowest BCUT2D eigenvalue weighted by Gasteiger charge is -2.42. The van der Waals surface area contributed by atoms with Crippen LogP contribution in [0.5, 0.6) is 0 Å². The van der Waals surface area contributed by atoms with Crippen LogP contribution in [-0.4, -0.2) is 43.3 Å². The van der Waals surface area contributed by atoms with Crippen molar-refractivity contribution in [1.29, 1.82) is 0 Å². The number of rotatable bonds is 6. The molecule has 0 spiro atoms. The molecule has 2 aliphatic rings. The second-order valence-electron chi connectivity index (χ2n) is 9.71. The Kier molecular flexibility index (Phi) is 5.06. The predicted molar refractivity (Wildman–Crippen MR) is 125 cm³/mol. The highest BCUT2D eigenvalue weighted by atomic mass is 16.5. The Hall–Kier alpha value is -3.32. The third-order valence-electron chi connectivity index (χ3n) is 6.89. The highest BCUT2D eigenvalue weighted by molar-refractivity contribution is 5.62. The monoisotopic (exact) mass is 440 g/mol. The van der Waals surface area contributed by atoms with Gasteiger partial charge >= 0.3 is 0 Å². The highest BCUT2D eigenvalue weighted by Gasteiger charge is 2.38. The number of aromatic amines is 1. The van der Waals surface area contributed by atoms with E-state index in [0.29, 0.717) is 29.6 Å². The van der Waals surface area contributed by atoms with Gasteiger partial charge < -0.3 is 4.52 Å². The van der Waals surface area contributed by atoms with Crippen LogP contribution in [0.4, 0.5) is 0 Å². The quantitative estimate of drug-likeness (QED) is 0.463. The van der Waals surface area contributed by atoms with Gasteiger partial charge in [-0.1, -0.05) is 43.3 Å². The minimum Gasteiger partial charge on any atom is -0.334 e. The number of likely N-dealkylation sites (tertiary alicyclic amines) is 1. The van der Waals surface area contributed by atoms with E-state index in [1.54, 1.807) is 6.33 Å². The number of H-pyrrole nitrogens is 1. The van der Waals surface area contributed by atoms with Gasteiger partial charge in [-0.25, -0.2) is 4.98 Å². The predicted octanol–water partition coefficient (Wildman–Crippen LogP) is 4.81. The van der Waals surface area contributed by atoms with E-state index in [-0.39, 0.29) is 0 Å². The summed E-state index contributed by atoms with van der Waals surface area (Å²) in [7, 11) is 0. The van der Waals surface area contributed by atoms with E-state index >= 15 is 0 Å². The van der Waals surface area contributed by atoms with Crippen molar-refractivity contribution in [3.8, 4) is 22.8 Å². The summed E-state index contributed by atoms with van der Waals surface area (Å²) in [5, 5.41) is 11.3. The van der Waals surface area contributed by atoms with Crippen LogP contribution < -0.4 is 0 Å². The number of aryl methyl sites for hydroxylation is 1. The average Bonchev–Trinajstić information content (AvgIpc) is 3.54. The smallest absolute Gasteiger partial charge is 0.258 e. The van der Waals surface area contributed by atoms with Gasteiger partial charge in [-0.05, 0) is 60.1 Å². The van der Waals surface area contributed by atoms with E-state index in [9.17, 15) is 0 Å².